The summed E-state index contributed by atoms with van der Waals surface area (Å²) in [5, 5.41) is 8.76. The smallest absolute Gasteiger partial charge is 0.164 e. The van der Waals surface area contributed by atoms with Gasteiger partial charge in [0.25, 0.3) is 0 Å². The SMILES string of the molecule is CO[C@@H]1C[C@H]2CN(c3ccncc3F)C[C@H]2C[C@H]1n1cc(-c2ccncc2)nn1. The predicted octanol–water partition coefficient (Wildman–Crippen LogP) is 2.98. The van der Waals surface area contributed by atoms with Gasteiger partial charge in [0, 0.05) is 44.4 Å². The van der Waals surface area contributed by atoms with Gasteiger partial charge in [-0.25, -0.2) is 9.07 Å². The highest BCUT2D eigenvalue weighted by atomic mass is 19.1. The Morgan fingerprint density at radius 1 is 1.03 bits per heavy atom. The summed E-state index contributed by atoms with van der Waals surface area (Å²) in [7, 11) is 1.76. The molecule has 2 fully saturated rings. The van der Waals surface area contributed by atoms with E-state index >= 15 is 0 Å². The van der Waals surface area contributed by atoms with Crippen molar-refractivity contribution < 1.29 is 9.13 Å². The van der Waals surface area contributed by atoms with Gasteiger partial charge < -0.3 is 9.64 Å². The zero-order chi connectivity index (χ0) is 19.8. The lowest BCUT2D eigenvalue weighted by molar-refractivity contribution is -0.00541. The molecule has 0 N–H and O–H groups in total. The molecule has 0 spiro atoms. The van der Waals surface area contributed by atoms with Gasteiger partial charge in [-0.2, -0.15) is 0 Å². The maximum atomic E-state index is 14.2. The molecule has 1 aliphatic carbocycles. The van der Waals surface area contributed by atoms with Crippen molar-refractivity contribution in [3.05, 3.63) is 55.0 Å². The van der Waals surface area contributed by atoms with Crippen LogP contribution in [0.15, 0.2) is 49.2 Å². The van der Waals surface area contributed by atoms with Gasteiger partial charge in [0.1, 0.15) is 5.69 Å². The van der Waals surface area contributed by atoms with Crippen LogP contribution in [0.25, 0.3) is 11.3 Å². The Balaban J connectivity index is 1.36. The number of methoxy groups -OCH3 is 1. The Morgan fingerprint density at radius 3 is 2.55 bits per heavy atom. The van der Waals surface area contributed by atoms with Crippen LogP contribution in [0.3, 0.4) is 0 Å². The van der Waals surface area contributed by atoms with Gasteiger partial charge in [-0.1, -0.05) is 5.21 Å². The maximum absolute atomic E-state index is 14.2. The molecular weight excluding hydrogens is 371 g/mol. The normalized spacial score (nSPS) is 26.5. The van der Waals surface area contributed by atoms with E-state index in [-0.39, 0.29) is 18.0 Å². The summed E-state index contributed by atoms with van der Waals surface area (Å²) in [6.45, 7) is 1.68. The van der Waals surface area contributed by atoms with E-state index in [1.165, 1.54) is 6.20 Å². The summed E-state index contributed by atoms with van der Waals surface area (Å²) < 4.78 is 22.0. The fourth-order valence-electron chi connectivity index (χ4n) is 4.84. The summed E-state index contributed by atoms with van der Waals surface area (Å²) in [6.07, 6.45) is 10.4. The Hall–Kier alpha value is -2.87. The molecule has 1 saturated carbocycles. The molecule has 0 radical (unpaired) electrons. The average molecular weight is 394 g/mol. The Bertz CT molecular complexity index is 980. The minimum atomic E-state index is -0.260. The Kier molecular flexibility index (Phi) is 4.71. The second kappa shape index (κ2) is 7.51. The minimum Gasteiger partial charge on any atom is -0.379 e. The first kappa shape index (κ1) is 18.2. The zero-order valence-electron chi connectivity index (χ0n) is 16.2. The molecule has 1 saturated heterocycles. The van der Waals surface area contributed by atoms with Crippen molar-refractivity contribution in [2.75, 3.05) is 25.1 Å². The highest BCUT2D eigenvalue weighted by Gasteiger charge is 2.44. The molecule has 0 unspecified atom stereocenters. The maximum Gasteiger partial charge on any atom is 0.164 e. The van der Waals surface area contributed by atoms with E-state index in [1.54, 1.807) is 31.8 Å². The van der Waals surface area contributed by atoms with Gasteiger partial charge in [-0.3, -0.25) is 9.97 Å². The molecule has 8 heteroatoms. The van der Waals surface area contributed by atoms with Crippen molar-refractivity contribution in [1.82, 2.24) is 25.0 Å². The third kappa shape index (κ3) is 3.37. The lowest BCUT2D eigenvalue weighted by atomic mass is 9.77. The number of rotatable bonds is 4. The molecule has 0 amide bonds. The lowest BCUT2D eigenvalue weighted by Gasteiger charge is -2.36. The summed E-state index contributed by atoms with van der Waals surface area (Å²) in [5.74, 6) is 0.684. The van der Waals surface area contributed by atoms with Gasteiger partial charge in [0.05, 0.1) is 30.2 Å². The fourth-order valence-corrected chi connectivity index (χ4v) is 4.84. The van der Waals surface area contributed by atoms with Gasteiger partial charge in [-0.05, 0) is 42.9 Å². The van der Waals surface area contributed by atoms with E-state index in [9.17, 15) is 4.39 Å². The van der Waals surface area contributed by atoms with Crippen molar-refractivity contribution in [3.8, 4) is 11.3 Å². The van der Waals surface area contributed by atoms with Crippen molar-refractivity contribution in [2.45, 2.75) is 25.0 Å². The van der Waals surface area contributed by atoms with Crippen LogP contribution in [-0.4, -0.2) is 51.3 Å². The van der Waals surface area contributed by atoms with E-state index in [2.05, 4.69) is 25.2 Å². The molecule has 2 aliphatic rings. The quantitative estimate of drug-likeness (QED) is 0.678. The molecule has 3 aromatic heterocycles. The molecular formula is C21H23FN6O. The van der Waals surface area contributed by atoms with Crippen LogP contribution in [-0.2, 0) is 4.74 Å². The zero-order valence-corrected chi connectivity index (χ0v) is 16.2. The van der Waals surface area contributed by atoms with Gasteiger partial charge in [0.15, 0.2) is 5.82 Å². The van der Waals surface area contributed by atoms with Crippen molar-refractivity contribution in [2.24, 2.45) is 11.8 Å². The molecule has 1 aliphatic heterocycles. The Labute approximate surface area is 168 Å². The van der Waals surface area contributed by atoms with E-state index in [4.69, 9.17) is 4.74 Å². The first-order valence-electron chi connectivity index (χ1n) is 9.92. The van der Waals surface area contributed by atoms with E-state index in [0.29, 0.717) is 17.5 Å². The second-order valence-corrected chi connectivity index (χ2v) is 7.88. The molecule has 0 bridgehead atoms. The number of nitrogens with zero attached hydrogens (tertiary/aromatic N) is 6. The van der Waals surface area contributed by atoms with Crippen LogP contribution in [0.4, 0.5) is 10.1 Å². The number of fused-ring (bicyclic) bond motifs is 1. The third-order valence-electron chi connectivity index (χ3n) is 6.31. The third-order valence-corrected chi connectivity index (χ3v) is 6.31. The Morgan fingerprint density at radius 2 is 1.79 bits per heavy atom. The summed E-state index contributed by atoms with van der Waals surface area (Å²) in [6, 6.07) is 5.73. The van der Waals surface area contributed by atoms with Crippen LogP contribution < -0.4 is 4.90 Å². The van der Waals surface area contributed by atoms with Crippen LogP contribution >= 0.6 is 0 Å². The number of pyridine rings is 2. The number of hydrogen-bond acceptors (Lipinski definition) is 6. The number of anilines is 1. The molecule has 5 rings (SSSR count). The molecule has 3 aromatic rings. The summed E-state index contributed by atoms with van der Waals surface area (Å²) >= 11 is 0. The summed E-state index contributed by atoms with van der Waals surface area (Å²) in [4.78, 5) is 10.1. The highest BCUT2D eigenvalue weighted by molar-refractivity contribution is 5.56. The molecule has 0 aromatic carbocycles. The molecule has 29 heavy (non-hydrogen) atoms. The van der Waals surface area contributed by atoms with E-state index in [1.807, 2.05) is 23.0 Å². The summed E-state index contributed by atoms with van der Waals surface area (Å²) in [5.41, 5.74) is 2.46. The molecule has 4 heterocycles. The average Bonchev–Trinajstić information content (AvgIpc) is 3.40. The molecule has 7 nitrogen and oxygen atoms in total. The van der Waals surface area contributed by atoms with Crippen LogP contribution in [0.5, 0.6) is 0 Å². The number of ether oxygens (including phenoxy) is 1. The number of aromatic nitrogens is 5. The largest absolute Gasteiger partial charge is 0.379 e. The van der Waals surface area contributed by atoms with Crippen molar-refractivity contribution in [1.29, 1.82) is 0 Å². The van der Waals surface area contributed by atoms with Crippen LogP contribution in [0.1, 0.15) is 18.9 Å². The van der Waals surface area contributed by atoms with E-state index in [0.717, 1.165) is 37.2 Å². The van der Waals surface area contributed by atoms with E-state index < -0.39 is 0 Å². The van der Waals surface area contributed by atoms with Crippen molar-refractivity contribution >= 4 is 5.69 Å². The highest BCUT2D eigenvalue weighted by Crippen LogP contribution is 2.43. The van der Waals surface area contributed by atoms with Crippen molar-refractivity contribution in [3.63, 3.8) is 0 Å². The number of halogens is 1. The standard InChI is InChI=1S/C21H23FN6O/c1-29-21-9-16-12-27(19-4-7-24-10-17(19)22)11-15(16)8-20(21)28-13-18(25-26-28)14-2-5-23-6-3-14/h2-7,10,13,15-16,20-21H,8-9,11-12H2,1H3/t15-,16+,20-,21-/m1/s1. The molecule has 4 atom stereocenters. The predicted molar refractivity (Wildman–Crippen MR) is 106 cm³/mol. The van der Waals surface area contributed by atoms with Gasteiger partial charge in [0.2, 0.25) is 0 Å². The molecule has 150 valence electrons. The monoisotopic (exact) mass is 394 g/mol. The number of hydrogen-bond donors (Lipinski definition) is 0. The topological polar surface area (TPSA) is 69.0 Å². The van der Waals surface area contributed by atoms with Gasteiger partial charge in [-0.15, -0.1) is 5.10 Å². The first-order chi connectivity index (χ1) is 14.2. The first-order valence-corrected chi connectivity index (χ1v) is 9.92. The minimum absolute atomic E-state index is 0.0606. The van der Waals surface area contributed by atoms with Crippen LogP contribution in [0.2, 0.25) is 0 Å². The van der Waals surface area contributed by atoms with Crippen LogP contribution in [0, 0.1) is 17.7 Å². The second-order valence-electron chi connectivity index (χ2n) is 7.88. The van der Waals surface area contributed by atoms with Gasteiger partial charge >= 0.3 is 0 Å². The lowest BCUT2D eigenvalue weighted by Crippen LogP contribution is -2.37. The fraction of sp³-hybridized carbons (Fsp3) is 0.429.